The van der Waals surface area contributed by atoms with Crippen molar-refractivity contribution < 1.29 is 5.11 Å². The topological polar surface area (TPSA) is 20.2 Å². The van der Waals surface area contributed by atoms with Crippen LogP contribution in [0.2, 0.25) is 0 Å². The molecule has 1 aromatic carbocycles. The molecule has 0 heterocycles. The summed E-state index contributed by atoms with van der Waals surface area (Å²) in [6.45, 7) is 10.8. The molecule has 0 saturated carbocycles. The zero-order valence-electron chi connectivity index (χ0n) is 14.3. The zero-order valence-corrected chi connectivity index (χ0v) is 14.3. The highest BCUT2D eigenvalue weighted by Crippen LogP contribution is 2.46. The Morgan fingerprint density at radius 2 is 2.00 bits per heavy atom. The van der Waals surface area contributed by atoms with Gasteiger partial charge in [-0.25, -0.2) is 0 Å². The van der Waals surface area contributed by atoms with Gasteiger partial charge in [0.1, 0.15) is 5.75 Å². The van der Waals surface area contributed by atoms with Crippen molar-refractivity contribution in [2.45, 2.75) is 78.6 Å². The van der Waals surface area contributed by atoms with E-state index in [0.717, 1.165) is 5.56 Å². The Labute approximate surface area is 130 Å². The third kappa shape index (κ3) is 3.51. The number of hydrogen-bond acceptors (Lipinski definition) is 1. The summed E-state index contributed by atoms with van der Waals surface area (Å²) in [5.41, 5.74) is 6.36. The normalized spacial score (nSPS) is 21.0. The van der Waals surface area contributed by atoms with Crippen LogP contribution in [-0.2, 0) is 0 Å². The molecule has 116 valence electrons. The van der Waals surface area contributed by atoms with Crippen molar-refractivity contribution in [3.63, 3.8) is 0 Å². The minimum Gasteiger partial charge on any atom is -0.507 e. The molecule has 1 nitrogen and oxygen atoms in total. The summed E-state index contributed by atoms with van der Waals surface area (Å²) in [6, 6.07) is 2.34. The van der Waals surface area contributed by atoms with Crippen molar-refractivity contribution in [1.82, 2.24) is 0 Å². The average molecular weight is 286 g/mol. The van der Waals surface area contributed by atoms with Gasteiger partial charge >= 0.3 is 0 Å². The third-order valence-corrected chi connectivity index (χ3v) is 5.07. The third-order valence-electron chi connectivity index (χ3n) is 5.07. The number of benzene rings is 1. The molecule has 1 aliphatic rings. The first kappa shape index (κ1) is 16.1. The monoisotopic (exact) mass is 286 g/mol. The van der Waals surface area contributed by atoms with Crippen molar-refractivity contribution in [2.24, 2.45) is 0 Å². The first-order chi connectivity index (χ1) is 9.91. The van der Waals surface area contributed by atoms with Gasteiger partial charge < -0.3 is 5.11 Å². The SMILES string of the molecule is CC(C)=CCCC[C@@H]1CC[C@@H](C)c2c1cc(C)c(C)c2O. The summed E-state index contributed by atoms with van der Waals surface area (Å²) in [4.78, 5) is 0. The van der Waals surface area contributed by atoms with Gasteiger partial charge in [0.25, 0.3) is 0 Å². The molecule has 1 N–H and O–H groups in total. The fraction of sp³-hybridized carbons (Fsp3) is 0.600. The summed E-state index contributed by atoms with van der Waals surface area (Å²) < 4.78 is 0. The van der Waals surface area contributed by atoms with Gasteiger partial charge in [-0.05, 0) is 88.3 Å². The van der Waals surface area contributed by atoms with Crippen molar-refractivity contribution in [2.75, 3.05) is 0 Å². The van der Waals surface area contributed by atoms with Gasteiger partial charge in [-0.15, -0.1) is 0 Å². The first-order valence-corrected chi connectivity index (χ1v) is 8.38. The van der Waals surface area contributed by atoms with Crippen LogP contribution in [-0.4, -0.2) is 5.11 Å². The average Bonchev–Trinajstić information content (AvgIpc) is 2.42. The molecule has 0 spiro atoms. The van der Waals surface area contributed by atoms with Crippen LogP contribution in [0.5, 0.6) is 5.75 Å². The molecule has 2 atom stereocenters. The summed E-state index contributed by atoms with van der Waals surface area (Å²) in [6.07, 6.45) is 8.48. The van der Waals surface area contributed by atoms with E-state index in [9.17, 15) is 5.11 Å². The number of allylic oxidation sites excluding steroid dienone is 2. The van der Waals surface area contributed by atoms with E-state index < -0.39 is 0 Å². The largest absolute Gasteiger partial charge is 0.507 e. The maximum Gasteiger partial charge on any atom is 0.122 e. The molecular weight excluding hydrogens is 256 g/mol. The van der Waals surface area contributed by atoms with Crippen molar-refractivity contribution in [3.05, 3.63) is 40.0 Å². The number of unbranched alkanes of at least 4 members (excludes halogenated alkanes) is 1. The molecule has 21 heavy (non-hydrogen) atoms. The van der Waals surface area contributed by atoms with E-state index in [1.165, 1.54) is 54.4 Å². The Morgan fingerprint density at radius 3 is 2.67 bits per heavy atom. The van der Waals surface area contributed by atoms with Gasteiger partial charge in [-0.1, -0.05) is 24.6 Å². The van der Waals surface area contributed by atoms with E-state index >= 15 is 0 Å². The Hall–Kier alpha value is -1.24. The van der Waals surface area contributed by atoms with Crippen LogP contribution in [0.15, 0.2) is 17.7 Å². The maximum atomic E-state index is 10.5. The first-order valence-electron chi connectivity index (χ1n) is 8.38. The van der Waals surface area contributed by atoms with Gasteiger partial charge in [0.15, 0.2) is 0 Å². The predicted molar refractivity (Wildman–Crippen MR) is 91.3 cm³/mol. The lowest BCUT2D eigenvalue weighted by atomic mass is 9.74. The van der Waals surface area contributed by atoms with Crippen LogP contribution in [0.1, 0.15) is 87.0 Å². The van der Waals surface area contributed by atoms with Gasteiger partial charge in [0, 0.05) is 5.56 Å². The van der Waals surface area contributed by atoms with Crippen LogP contribution in [0.25, 0.3) is 0 Å². The fourth-order valence-electron chi connectivity index (χ4n) is 3.61. The number of fused-ring (bicyclic) bond motifs is 1. The Bertz CT molecular complexity index is 535. The Kier molecular flexibility index (Phi) is 5.13. The predicted octanol–water partition coefficient (Wildman–Crippen LogP) is 6.13. The molecule has 0 aliphatic heterocycles. The second kappa shape index (κ2) is 6.68. The minimum absolute atomic E-state index is 0.494. The van der Waals surface area contributed by atoms with Crippen LogP contribution >= 0.6 is 0 Å². The van der Waals surface area contributed by atoms with Gasteiger partial charge in [-0.2, -0.15) is 0 Å². The number of phenolic OH excluding ortho intramolecular Hbond substituents is 1. The highest BCUT2D eigenvalue weighted by atomic mass is 16.3. The highest BCUT2D eigenvalue weighted by Gasteiger charge is 2.28. The highest BCUT2D eigenvalue weighted by molar-refractivity contribution is 5.52. The van der Waals surface area contributed by atoms with E-state index in [0.29, 0.717) is 17.6 Å². The van der Waals surface area contributed by atoms with Crippen LogP contribution < -0.4 is 0 Å². The fourth-order valence-corrected chi connectivity index (χ4v) is 3.61. The molecule has 2 rings (SSSR count). The lowest BCUT2D eigenvalue weighted by molar-refractivity contribution is 0.422. The van der Waals surface area contributed by atoms with Crippen LogP contribution in [0.4, 0.5) is 0 Å². The molecule has 0 saturated heterocycles. The smallest absolute Gasteiger partial charge is 0.122 e. The second-order valence-electron chi connectivity index (χ2n) is 7.06. The molecule has 0 unspecified atom stereocenters. The van der Waals surface area contributed by atoms with Crippen LogP contribution in [0, 0.1) is 13.8 Å². The molecular formula is C20H30O. The number of phenols is 1. The zero-order chi connectivity index (χ0) is 15.6. The molecule has 0 bridgehead atoms. The molecule has 1 aromatic rings. The molecule has 1 aliphatic carbocycles. The number of aryl methyl sites for hydroxylation is 1. The summed E-state index contributed by atoms with van der Waals surface area (Å²) >= 11 is 0. The van der Waals surface area contributed by atoms with E-state index in [1.807, 2.05) is 6.92 Å². The van der Waals surface area contributed by atoms with Gasteiger partial charge in [-0.3, -0.25) is 0 Å². The van der Waals surface area contributed by atoms with E-state index in [4.69, 9.17) is 0 Å². The number of rotatable bonds is 4. The van der Waals surface area contributed by atoms with E-state index in [1.54, 1.807) is 0 Å². The van der Waals surface area contributed by atoms with E-state index in [-0.39, 0.29) is 0 Å². The Balaban J connectivity index is 2.21. The van der Waals surface area contributed by atoms with Crippen LogP contribution in [0.3, 0.4) is 0 Å². The summed E-state index contributed by atoms with van der Waals surface area (Å²) in [5.74, 6) is 1.69. The number of hydrogen-bond donors (Lipinski definition) is 1. The van der Waals surface area contributed by atoms with Gasteiger partial charge in [0.2, 0.25) is 0 Å². The molecule has 1 heteroatoms. The van der Waals surface area contributed by atoms with Crippen molar-refractivity contribution >= 4 is 0 Å². The quantitative estimate of drug-likeness (QED) is 0.521. The second-order valence-corrected chi connectivity index (χ2v) is 7.06. The number of aromatic hydroxyl groups is 1. The lowest BCUT2D eigenvalue weighted by Crippen LogP contribution is -2.14. The molecule has 0 radical (unpaired) electrons. The van der Waals surface area contributed by atoms with E-state index in [2.05, 4.69) is 39.8 Å². The minimum atomic E-state index is 0.494. The standard InChI is InChI=1S/C20H30O/c1-13(2)8-6-7-9-17-11-10-14(3)19-18(17)12-15(4)16(5)20(19)21/h8,12,14,17,21H,6-7,9-11H2,1-5H3/t14-,17-/m1/s1. The van der Waals surface area contributed by atoms with Gasteiger partial charge in [0.05, 0.1) is 0 Å². The van der Waals surface area contributed by atoms with Crippen molar-refractivity contribution in [1.29, 1.82) is 0 Å². The molecule has 0 aromatic heterocycles. The Morgan fingerprint density at radius 1 is 1.29 bits per heavy atom. The summed E-state index contributed by atoms with van der Waals surface area (Å²) in [5, 5.41) is 10.5. The lowest BCUT2D eigenvalue weighted by Gasteiger charge is -2.32. The molecule has 0 amide bonds. The van der Waals surface area contributed by atoms with Crippen molar-refractivity contribution in [3.8, 4) is 5.75 Å². The maximum absolute atomic E-state index is 10.5. The summed E-state index contributed by atoms with van der Waals surface area (Å²) in [7, 11) is 0. The molecule has 0 fully saturated rings.